The number of sulfone groups is 1. The Morgan fingerprint density at radius 3 is 1.35 bits per heavy atom. The van der Waals surface area contributed by atoms with Crippen molar-refractivity contribution in [2.75, 3.05) is 28.4 Å². The second-order valence-electron chi connectivity index (χ2n) is 4.54. The van der Waals surface area contributed by atoms with E-state index in [0.29, 0.717) is 11.5 Å². The first kappa shape index (κ1) is 17.0. The monoisotopic (exact) mass is 338 g/mol. The summed E-state index contributed by atoms with van der Waals surface area (Å²) in [6.07, 6.45) is 0. The average Bonchev–Trinajstić information content (AvgIpc) is 2.60. The lowest BCUT2D eigenvalue weighted by Gasteiger charge is -2.14. The van der Waals surface area contributed by atoms with Crippen molar-refractivity contribution in [2.45, 2.75) is 9.79 Å². The molecule has 0 radical (unpaired) electrons. The molecule has 0 saturated heterocycles. The van der Waals surface area contributed by atoms with Crippen molar-refractivity contribution >= 4 is 9.84 Å². The molecular weight excluding hydrogens is 320 g/mol. The second kappa shape index (κ2) is 6.78. The molecule has 0 fully saturated rings. The van der Waals surface area contributed by atoms with Crippen molar-refractivity contribution in [1.29, 1.82) is 0 Å². The molecule has 0 heterocycles. The van der Waals surface area contributed by atoms with Gasteiger partial charge in [-0.25, -0.2) is 8.42 Å². The first-order valence-corrected chi connectivity index (χ1v) is 8.15. The standard InChI is InChI=1S/C16H18O6S/c1-19-11-5-7-13(21-3)15(9-11)23(17,18)16-10-12(20-2)6-8-14(16)22-4/h5-10H,1-4H3. The van der Waals surface area contributed by atoms with E-state index >= 15 is 0 Å². The van der Waals surface area contributed by atoms with Gasteiger partial charge in [0.2, 0.25) is 9.84 Å². The molecule has 7 heteroatoms. The summed E-state index contributed by atoms with van der Waals surface area (Å²) >= 11 is 0. The minimum Gasteiger partial charge on any atom is -0.497 e. The van der Waals surface area contributed by atoms with Crippen LogP contribution in [0.2, 0.25) is 0 Å². The van der Waals surface area contributed by atoms with Gasteiger partial charge in [0.1, 0.15) is 32.8 Å². The van der Waals surface area contributed by atoms with Crippen LogP contribution in [-0.4, -0.2) is 36.9 Å². The fourth-order valence-corrected chi connectivity index (χ4v) is 3.72. The van der Waals surface area contributed by atoms with E-state index in [0.717, 1.165) is 0 Å². The summed E-state index contributed by atoms with van der Waals surface area (Å²) in [5.74, 6) is 1.25. The zero-order valence-electron chi connectivity index (χ0n) is 13.3. The number of methoxy groups -OCH3 is 4. The second-order valence-corrected chi connectivity index (χ2v) is 6.42. The van der Waals surface area contributed by atoms with Crippen LogP contribution in [0.5, 0.6) is 23.0 Å². The Labute approximate surface area is 135 Å². The van der Waals surface area contributed by atoms with Gasteiger partial charge in [-0.2, -0.15) is 0 Å². The highest BCUT2D eigenvalue weighted by Gasteiger charge is 2.27. The van der Waals surface area contributed by atoms with E-state index in [2.05, 4.69) is 0 Å². The van der Waals surface area contributed by atoms with Gasteiger partial charge in [0, 0.05) is 12.1 Å². The van der Waals surface area contributed by atoms with Crippen LogP contribution in [-0.2, 0) is 9.84 Å². The number of ether oxygens (including phenoxy) is 4. The van der Waals surface area contributed by atoms with Crippen LogP contribution in [0.15, 0.2) is 46.2 Å². The van der Waals surface area contributed by atoms with E-state index in [1.807, 2.05) is 0 Å². The maximum Gasteiger partial charge on any atom is 0.214 e. The van der Waals surface area contributed by atoms with Gasteiger partial charge >= 0.3 is 0 Å². The summed E-state index contributed by atoms with van der Waals surface area (Å²) in [5, 5.41) is 0. The number of benzene rings is 2. The largest absolute Gasteiger partial charge is 0.497 e. The van der Waals surface area contributed by atoms with Crippen LogP contribution in [0.1, 0.15) is 0 Å². The van der Waals surface area contributed by atoms with Gasteiger partial charge in [0.25, 0.3) is 0 Å². The third-order valence-corrected chi connectivity index (χ3v) is 5.12. The van der Waals surface area contributed by atoms with Gasteiger partial charge < -0.3 is 18.9 Å². The van der Waals surface area contributed by atoms with E-state index in [1.165, 1.54) is 40.6 Å². The third kappa shape index (κ3) is 3.19. The van der Waals surface area contributed by atoms with Crippen LogP contribution >= 0.6 is 0 Å². The fourth-order valence-electron chi connectivity index (χ4n) is 2.11. The Kier molecular flexibility index (Phi) is 5.00. The minimum atomic E-state index is -3.90. The quantitative estimate of drug-likeness (QED) is 0.806. The Balaban J connectivity index is 2.72. The van der Waals surface area contributed by atoms with E-state index < -0.39 is 9.84 Å². The SMILES string of the molecule is COc1ccc(OC)c(S(=O)(=O)c2cc(OC)ccc2OC)c1. The Bertz CT molecular complexity index is 737. The molecule has 0 aromatic heterocycles. The Morgan fingerprint density at radius 1 is 0.652 bits per heavy atom. The van der Waals surface area contributed by atoms with Gasteiger partial charge in [-0.3, -0.25) is 0 Å². The summed E-state index contributed by atoms with van der Waals surface area (Å²) < 4.78 is 46.7. The highest BCUT2D eigenvalue weighted by atomic mass is 32.2. The number of hydrogen-bond donors (Lipinski definition) is 0. The van der Waals surface area contributed by atoms with E-state index in [9.17, 15) is 8.42 Å². The first-order chi connectivity index (χ1) is 11.0. The van der Waals surface area contributed by atoms with Crippen LogP contribution in [0.25, 0.3) is 0 Å². The van der Waals surface area contributed by atoms with Crippen molar-refractivity contribution in [1.82, 2.24) is 0 Å². The molecule has 0 bridgehead atoms. The van der Waals surface area contributed by atoms with Gasteiger partial charge in [0.05, 0.1) is 28.4 Å². The Hall–Kier alpha value is -2.41. The molecule has 0 unspecified atom stereocenters. The van der Waals surface area contributed by atoms with Crippen molar-refractivity contribution in [2.24, 2.45) is 0 Å². The highest BCUT2D eigenvalue weighted by molar-refractivity contribution is 7.91. The minimum absolute atomic E-state index is 0.00842. The predicted molar refractivity (Wildman–Crippen MR) is 84.5 cm³/mol. The molecule has 0 spiro atoms. The first-order valence-electron chi connectivity index (χ1n) is 6.67. The lowest BCUT2D eigenvalue weighted by molar-refractivity contribution is 0.388. The van der Waals surface area contributed by atoms with Crippen molar-refractivity contribution in [3.8, 4) is 23.0 Å². The lowest BCUT2D eigenvalue weighted by Crippen LogP contribution is -2.07. The smallest absolute Gasteiger partial charge is 0.214 e. The number of hydrogen-bond acceptors (Lipinski definition) is 6. The zero-order chi connectivity index (χ0) is 17.0. The molecule has 2 aromatic rings. The van der Waals surface area contributed by atoms with Gasteiger partial charge in [0.15, 0.2) is 0 Å². The van der Waals surface area contributed by atoms with Crippen LogP contribution in [0.4, 0.5) is 0 Å². The lowest BCUT2D eigenvalue weighted by atomic mass is 10.3. The number of rotatable bonds is 6. The van der Waals surface area contributed by atoms with E-state index in [-0.39, 0.29) is 21.3 Å². The maximum absolute atomic E-state index is 13.1. The van der Waals surface area contributed by atoms with Crippen LogP contribution in [0, 0.1) is 0 Å². The van der Waals surface area contributed by atoms with Gasteiger partial charge in [-0.05, 0) is 24.3 Å². The molecule has 6 nitrogen and oxygen atoms in total. The summed E-state index contributed by atoms with van der Waals surface area (Å²) in [7, 11) is 1.84. The summed E-state index contributed by atoms with van der Waals surface area (Å²) in [5.41, 5.74) is 0. The molecule has 2 aromatic carbocycles. The van der Waals surface area contributed by atoms with Gasteiger partial charge in [-0.1, -0.05) is 0 Å². The van der Waals surface area contributed by atoms with Crippen LogP contribution < -0.4 is 18.9 Å². The van der Waals surface area contributed by atoms with E-state index in [4.69, 9.17) is 18.9 Å². The summed E-state index contributed by atoms with van der Waals surface area (Å²) in [6.45, 7) is 0. The van der Waals surface area contributed by atoms with Crippen molar-refractivity contribution < 1.29 is 27.4 Å². The molecule has 0 aliphatic heterocycles. The predicted octanol–water partition coefficient (Wildman–Crippen LogP) is 2.55. The highest BCUT2D eigenvalue weighted by Crippen LogP contribution is 2.37. The molecule has 23 heavy (non-hydrogen) atoms. The molecule has 2 rings (SSSR count). The molecule has 0 atom stereocenters. The molecule has 0 N–H and O–H groups in total. The van der Waals surface area contributed by atoms with Crippen LogP contribution in [0.3, 0.4) is 0 Å². The fraction of sp³-hybridized carbons (Fsp3) is 0.250. The Morgan fingerprint density at radius 2 is 1.04 bits per heavy atom. The maximum atomic E-state index is 13.1. The van der Waals surface area contributed by atoms with Crippen molar-refractivity contribution in [3.05, 3.63) is 36.4 Å². The topological polar surface area (TPSA) is 71.1 Å². The van der Waals surface area contributed by atoms with Gasteiger partial charge in [-0.15, -0.1) is 0 Å². The summed E-state index contributed by atoms with van der Waals surface area (Å²) in [6, 6.07) is 9.15. The van der Waals surface area contributed by atoms with E-state index in [1.54, 1.807) is 24.3 Å². The third-order valence-electron chi connectivity index (χ3n) is 3.32. The molecule has 0 aliphatic carbocycles. The normalized spacial score (nSPS) is 11.0. The van der Waals surface area contributed by atoms with Crippen molar-refractivity contribution in [3.63, 3.8) is 0 Å². The molecule has 0 amide bonds. The molecule has 0 saturated carbocycles. The molecule has 0 aliphatic rings. The molecule has 124 valence electrons. The zero-order valence-corrected chi connectivity index (χ0v) is 14.1. The summed E-state index contributed by atoms with van der Waals surface area (Å²) in [4.78, 5) is -0.0168. The average molecular weight is 338 g/mol. The molecular formula is C16H18O6S.